The Morgan fingerprint density at radius 1 is 1.00 bits per heavy atom. The van der Waals surface area contributed by atoms with Gasteiger partial charge in [0.2, 0.25) is 0 Å². The Morgan fingerprint density at radius 3 is 1.75 bits per heavy atom. The number of nitrogen functional groups attached to an aromatic ring is 1. The first-order valence-corrected chi connectivity index (χ1v) is 2.20. The van der Waals surface area contributed by atoms with E-state index >= 15 is 0 Å². The first kappa shape index (κ1) is 8.25. The van der Waals surface area contributed by atoms with Crippen LogP contribution in [0, 0.1) is 36.9 Å². The Hall–Kier alpha value is 0.254. The molecule has 0 saturated heterocycles. The second-order valence-electron chi connectivity index (χ2n) is 1.41. The minimum absolute atomic E-state index is 0. The van der Waals surface area contributed by atoms with Crippen molar-refractivity contribution in [2.24, 2.45) is 0 Å². The van der Waals surface area contributed by atoms with Gasteiger partial charge < -0.3 is 5.73 Å². The predicted molar refractivity (Wildman–Crippen MR) is 30.9 cm³/mol. The van der Waals surface area contributed by atoms with Crippen LogP contribution in [0.5, 0.6) is 0 Å². The zero-order valence-electron chi connectivity index (χ0n) is 4.22. The molecule has 1 aromatic carbocycles. The summed E-state index contributed by atoms with van der Waals surface area (Å²) in [5.41, 5.74) is 6.18. The van der Waals surface area contributed by atoms with Gasteiger partial charge in [0.25, 0.3) is 0 Å². The van der Waals surface area contributed by atoms with Crippen LogP contribution in [0.1, 0.15) is 0 Å². The number of rotatable bonds is 0. The standard InChI is InChI=1S/C6H7N.Lu/c7-6-4-2-1-3-5-6;/h1-5H,7H2;. The van der Waals surface area contributed by atoms with E-state index in [0.717, 1.165) is 5.69 Å². The second kappa shape index (κ2) is 4.16. The molecule has 0 aliphatic carbocycles. The normalized spacial score (nSPS) is 7.50. The van der Waals surface area contributed by atoms with Gasteiger partial charge in [-0.1, -0.05) is 18.2 Å². The van der Waals surface area contributed by atoms with E-state index in [4.69, 9.17) is 5.73 Å². The molecule has 8 heavy (non-hydrogen) atoms. The summed E-state index contributed by atoms with van der Waals surface area (Å²) in [6, 6.07) is 9.49. The summed E-state index contributed by atoms with van der Waals surface area (Å²) in [6.07, 6.45) is 0. The molecule has 0 aliphatic heterocycles. The van der Waals surface area contributed by atoms with Crippen LogP contribution in [0.25, 0.3) is 0 Å². The van der Waals surface area contributed by atoms with Gasteiger partial charge in [-0.05, 0) is 12.1 Å². The summed E-state index contributed by atoms with van der Waals surface area (Å²) in [5.74, 6) is 0. The van der Waals surface area contributed by atoms with Crippen LogP contribution in [0.3, 0.4) is 0 Å². The molecule has 0 heterocycles. The van der Waals surface area contributed by atoms with Gasteiger partial charge >= 0.3 is 0 Å². The van der Waals surface area contributed by atoms with E-state index in [9.17, 15) is 0 Å². The number of para-hydroxylation sites is 1. The average molecular weight is 268 g/mol. The zero-order valence-corrected chi connectivity index (χ0v) is 5.88. The Labute approximate surface area is 78.1 Å². The van der Waals surface area contributed by atoms with Crippen molar-refractivity contribution in [2.45, 2.75) is 0 Å². The molecule has 1 radical (unpaired) electrons. The Bertz CT molecular complexity index is 138. The van der Waals surface area contributed by atoms with Crippen LogP contribution in [0.2, 0.25) is 0 Å². The maximum Gasteiger partial charge on any atom is 0.0313 e. The van der Waals surface area contributed by atoms with Crippen molar-refractivity contribution in [3.05, 3.63) is 30.3 Å². The molecule has 0 saturated carbocycles. The van der Waals surface area contributed by atoms with E-state index in [1.54, 1.807) is 0 Å². The molecule has 0 spiro atoms. The van der Waals surface area contributed by atoms with Crippen molar-refractivity contribution in [3.63, 3.8) is 0 Å². The fourth-order valence-electron chi connectivity index (χ4n) is 0.453. The number of anilines is 1. The SMILES string of the molecule is Nc1ccccc1.[Lu]. The van der Waals surface area contributed by atoms with Crippen LogP contribution in [0.4, 0.5) is 5.69 Å². The summed E-state index contributed by atoms with van der Waals surface area (Å²) >= 11 is 0. The van der Waals surface area contributed by atoms with Crippen molar-refractivity contribution in [2.75, 3.05) is 5.73 Å². The summed E-state index contributed by atoms with van der Waals surface area (Å²) < 4.78 is 0. The maximum absolute atomic E-state index is 5.36. The molecule has 51 valence electrons. The molecule has 2 N–H and O–H groups in total. The van der Waals surface area contributed by atoms with Crippen molar-refractivity contribution >= 4 is 5.69 Å². The molecular weight excluding hydrogens is 261 g/mol. The minimum atomic E-state index is 0. The molecule has 0 bridgehead atoms. The van der Waals surface area contributed by atoms with Crippen LogP contribution in [-0.4, -0.2) is 0 Å². The van der Waals surface area contributed by atoms with E-state index in [1.165, 1.54) is 0 Å². The number of hydrogen-bond acceptors (Lipinski definition) is 1. The maximum atomic E-state index is 5.36. The third-order valence-electron chi connectivity index (χ3n) is 0.800. The molecule has 0 unspecified atom stereocenters. The number of benzene rings is 1. The van der Waals surface area contributed by atoms with Gasteiger partial charge in [-0.15, -0.1) is 0 Å². The van der Waals surface area contributed by atoms with E-state index in [1.807, 2.05) is 30.3 Å². The van der Waals surface area contributed by atoms with Gasteiger partial charge in [0.1, 0.15) is 0 Å². The second-order valence-corrected chi connectivity index (χ2v) is 1.41. The van der Waals surface area contributed by atoms with Crippen LogP contribution in [0.15, 0.2) is 30.3 Å². The Kier molecular flexibility index (Phi) is 4.30. The molecule has 2 heteroatoms. The van der Waals surface area contributed by atoms with Gasteiger partial charge in [-0.25, -0.2) is 0 Å². The van der Waals surface area contributed by atoms with Crippen LogP contribution >= 0.6 is 0 Å². The molecule has 0 aromatic heterocycles. The monoisotopic (exact) mass is 268 g/mol. The third kappa shape index (κ3) is 2.53. The number of nitrogens with two attached hydrogens (primary N) is 1. The van der Waals surface area contributed by atoms with Crippen molar-refractivity contribution in [3.8, 4) is 0 Å². The molecule has 0 atom stereocenters. The van der Waals surface area contributed by atoms with Gasteiger partial charge in [-0.2, -0.15) is 0 Å². The Balaban J connectivity index is 0.000000490. The molecule has 1 rings (SSSR count). The fraction of sp³-hybridized carbons (Fsp3) is 0. The van der Waals surface area contributed by atoms with Crippen molar-refractivity contribution in [1.29, 1.82) is 0 Å². The molecule has 1 nitrogen and oxygen atoms in total. The van der Waals surface area contributed by atoms with E-state index < -0.39 is 0 Å². The van der Waals surface area contributed by atoms with Crippen molar-refractivity contribution in [1.82, 2.24) is 0 Å². The van der Waals surface area contributed by atoms with Gasteiger partial charge in [0.15, 0.2) is 0 Å². The summed E-state index contributed by atoms with van der Waals surface area (Å²) in [6.45, 7) is 0. The predicted octanol–water partition coefficient (Wildman–Crippen LogP) is 1.27. The number of hydrogen-bond donors (Lipinski definition) is 1. The third-order valence-corrected chi connectivity index (χ3v) is 0.800. The van der Waals surface area contributed by atoms with E-state index in [2.05, 4.69) is 0 Å². The quantitative estimate of drug-likeness (QED) is 0.704. The topological polar surface area (TPSA) is 26.0 Å². The summed E-state index contributed by atoms with van der Waals surface area (Å²) in [5, 5.41) is 0. The van der Waals surface area contributed by atoms with Gasteiger partial charge in [0, 0.05) is 42.6 Å². The molecule has 0 fully saturated rings. The molecule has 0 aliphatic rings. The summed E-state index contributed by atoms with van der Waals surface area (Å²) in [4.78, 5) is 0. The summed E-state index contributed by atoms with van der Waals surface area (Å²) in [7, 11) is 0. The minimum Gasteiger partial charge on any atom is -0.399 e. The first-order valence-electron chi connectivity index (χ1n) is 2.20. The van der Waals surface area contributed by atoms with E-state index in [-0.39, 0.29) is 36.9 Å². The average Bonchev–Trinajstić information content (AvgIpc) is 1.69. The van der Waals surface area contributed by atoms with Gasteiger partial charge in [0.05, 0.1) is 0 Å². The van der Waals surface area contributed by atoms with Crippen LogP contribution < -0.4 is 5.73 Å². The largest absolute Gasteiger partial charge is 0.399 e. The molecule has 0 amide bonds. The fourth-order valence-corrected chi connectivity index (χ4v) is 0.453. The first-order chi connectivity index (χ1) is 3.39. The zero-order chi connectivity index (χ0) is 5.11. The molecular formula is C6H7LuN. The van der Waals surface area contributed by atoms with Crippen LogP contribution in [-0.2, 0) is 0 Å². The smallest absolute Gasteiger partial charge is 0.0313 e. The van der Waals surface area contributed by atoms with Gasteiger partial charge in [-0.3, -0.25) is 0 Å². The molecule has 1 aromatic rings. The van der Waals surface area contributed by atoms with E-state index in [0.29, 0.717) is 0 Å². The Morgan fingerprint density at radius 2 is 1.50 bits per heavy atom. The van der Waals surface area contributed by atoms with Crippen molar-refractivity contribution < 1.29 is 36.9 Å².